The predicted molar refractivity (Wildman–Crippen MR) is 124 cm³/mol. The van der Waals surface area contributed by atoms with E-state index in [4.69, 9.17) is 19.4 Å². The lowest BCUT2D eigenvalue weighted by Gasteiger charge is -2.14. The maximum atomic E-state index is 12.5. The highest BCUT2D eigenvalue weighted by Gasteiger charge is 2.15. The molecule has 3 rings (SSSR count). The summed E-state index contributed by atoms with van der Waals surface area (Å²) < 4.78 is 11.2. The third kappa shape index (κ3) is 6.67. The van der Waals surface area contributed by atoms with Crippen LogP contribution in [0, 0.1) is 6.92 Å². The molecule has 0 fully saturated rings. The Bertz CT molecular complexity index is 1110. The van der Waals surface area contributed by atoms with Crippen LogP contribution < -0.4 is 9.47 Å². The van der Waals surface area contributed by atoms with Gasteiger partial charge in [-0.15, -0.1) is 0 Å². The van der Waals surface area contributed by atoms with E-state index in [-0.39, 0.29) is 18.4 Å². The standard InChI is InChI=1S/C24H24O4.C2H4O2/c1-15(2)18-9-11-19(12-10-18)22(26)14-27-23-13-16(3)24(28-17(4)25)21-8-6-5-7-20(21)23;1-2(3)4/h5-13,15H,14H2,1-4H3;1H3,(H,3,4). The Labute approximate surface area is 187 Å². The van der Waals surface area contributed by atoms with Gasteiger partial charge in [-0.1, -0.05) is 62.4 Å². The highest BCUT2D eigenvalue weighted by Crippen LogP contribution is 2.36. The van der Waals surface area contributed by atoms with E-state index in [2.05, 4.69) is 13.8 Å². The van der Waals surface area contributed by atoms with Crippen LogP contribution >= 0.6 is 0 Å². The first-order chi connectivity index (χ1) is 15.1. The van der Waals surface area contributed by atoms with Crippen LogP contribution in [-0.2, 0) is 9.59 Å². The molecule has 3 aromatic rings. The molecule has 0 saturated carbocycles. The number of hydrogen-bond acceptors (Lipinski definition) is 5. The van der Waals surface area contributed by atoms with E-state index in [0.29, 0.717) is 23.0 Å². The number of carbonyl (C=O) groups excluding carboxylic acids is 2. The lowest BCUT2D eigenvalue weighted by atomic mass is 10.0. The molecule has 0 spiro atoms. The minimum atomic E-state index is -0.833. The first-order valence-electron chi connectivity index (χ1n) is 10.3. The van der Waals surface area contributed by atoms with Gasteiger partial charge >= 0.3 is 5.97 Å². The molecule has 0 aliphatic heterocycles. The fraction of sp³-hybridized carbons (Fsp3) is 0.269. The molecule has 0 saturated heterocycles. The summed E-state index contributed by atoms with van der Waals surface area (Å²) in [5.41, 5.74) is 2.60. The molecule has 0 heterocycles. The van der Waals surface area contributed by atoms with Gasteiger partial charge in [0.15, 0.2) is 12.4 Å². The summed E-state index contributed by atoms with van der Waals surface area (Å²) in [7, 11) is 0. The van der Waals surface area contributed by atoms with Crippen molar-refractivity contribution in [1.29, 1.82) is 0 Å². The van der Waals surface area contributed by atoms with Crippen LogP contribution in [0.3, 0.4) is 0 Å². The molecule has 3 aromatic carbocycles. The number of benzene rings is 3. The normalized spacial score (nSPS) is 10.3. The largest absolute Gasteiger partial charge is 0.485 e. The molecular formula is C26H28O6. The van der Waals surface area contributed by atoms with Crippen molar-refractivity contribution in [2.24, 2.45) is 0 Å². The van der Waals surface area contributed by atoms with Gasteiger partial charge < -0.3 is 14.6 Å². The summed E-state index contributed by atoms with van der Waals surface area (Å²) in [5.74, 6) is 0.246. The van der Waals surface area contributed by atoms with E-state index >= 15 is 0 Å². The Morgan fingerprint density at radius 2 is 1.50 bits per heavy atom. The third-order valence-corrected chi connectivity index (χ3v) is 4.65. The van der Waals surface area contributed by atoms with Gasteiger partial charge in [-0.2, -0.15) is 0 Å². The van der Waals surface area contributed by atoms with Gasteiger partial charge in [-0.05, 0) is 30.0 Å². The maximum Gasteiger partial charge on any atom is 0.308 e. The monoisotopic (exact) mass is 436 g/mol. The van der Waals surface area contributed by atoms with Gasteiger partial charge in [-0.3, -0.25) is 14.4 Å². The van der Waals surface area contributed by atoms with Crippen LogP contribution in [0.4, 0.5) is 0 Å². The van der Waals surface area contributed by atoms with E-state index in [0.717, 1.165) is 23.3 Å². The number of fused-ring (bicyclic) bond motifs is 1. The highest BCUT2D eigenvalue weighted by molar-refractivity contribution is 5.98. The van der Waals surface area contributed by atoms with Gasteiger partial charge in [0.1, 0.15) is 11.5 Å². The van der Waals surface area contributed by atoms with E-state index < -0.39 is 5.97 Å². The number of ketones is 1. The Hall–Kier alpha value is -3.67. The highest BCUT2D eigenvalue weighted by atomic mass is 16.5. The zero-order chi connectivity index (χ0) is 23.8. The second kappa shape index (κ2) is 11.1. The maximum absolute atomic E-state index is 12.5. The third-order valence-electron chi connectivity index (χ3n) is 4.65. The molecule has 0 bridgehead atoms. The Balaban J connectivity index is 0.000000837. The van der Waals surface area contributed by atoms with Crippen LogP contribution in [0.25, 0.3) is 10.8 Å². The number of hydrogen-bond donors (Lipinski definition) is 1. The molecule has 0 aromatic heterocycles. The second-order valence-corrected chi connectivity index (χ2v) is 7.67. The van der Waals surface area contributed by atoms with Crippen molar-refractivity contribution in [3.05, 3.63) is 71.3 Å². The minimum absolute atomic E-state index is 0.0582. The van der Waals surface area contributed by atoms with Crippen LogP contribution in [0.1, 0.15) is 55.1 Å². The van der Waals surface area contributed by atoms with Gasteiger partial charge in [0, 0.05) is 30.2 Å². The topological polar surface area (TPSA) is 89.9 Å². The summed E-state index contributed by atoms with van der Waals surface area (Å²) in [6, 6.07) is 17.0. The van der Waals surface area contributed by atoms with Crippen LogP contribution in [0.2, 0.25) is 0 Å². The van der Waals surface area contributed by atoms with Crippen molar-refractivity contribution >= 4 is 28.5 Å². The molecule has 32 heavy (non-hydrogen) atoms. The molecule has 0 aliphatic carbocycles. The molecule has 168 valence electrons. The van der Waals surface area contributed by atoms with Gasteiger partial charge in [0.2, 0.25) is 0 Å². The zero-order valence-corrected chi connectivity index (χ0v) is 19.0. The fourth-order valence-electron chi connectivity index (χ4n) is 3.13. The summed E-state index contributed by atoms with van der Waals surface area (Å²) in [6.45, 7) is 8.49. The molecule has 0 amide bonds. The smallest absolute Gasteiger partial charge is 0.308 e. The summed E-state index contributed by atoms with van der Waals surface area (Å²) in [6.07, 6.45) is 0. The van der Waals surface area contributed by atoms with E-state index in [1.807, 2.05) is 55.5 Å². The lowest BCUT2D eigenvalue weighted by molar-refractivity contribution is -0.134. The number of aliphatic carboxylic acids is 1. The number of rotatable bonds is 6. The number of aryl methyl sites for hydroxylation is 1. The molecule has 6 heteroatoms. The van der Waals surface area contributed by atoms with Crippen molar-refractivity contribution in [3.8, 4) is 11.5 Å². The van der Waals surface area contributed by atoms with Crippen molar-refractivity contribution < 1.29 is 29.0 Å². The number of carboxylic acid groups (broad SMARTS) is 1. The van der Waals surface area contributed by atoms with E-state index in [1.165, 1.54) is 12.5 Å². The fourth-order valence-corrected chi connectivity index (χ4v) is 3.13. The van der Waals surface area contributed by atoms with Crippen molar-refractivity contribution in [1.82, 2.24) is 0 Å². The average molecular weight is 437 g/mol. The number of esters is 1. The molecule has 0 atom stereocenters. The number of ether oxygens (including phenoxy) is 2. The Morgan fingerprint density at radius 1 is 0.938 bits per heavy atom. The van der Waals surface area contributed by atoms with E-state index in [1.54, 1.807) is 6.07 Å². The van der Waals surface area contributed by atoms with Crippen molar-refractivity contribution in [3.63, 3.8) is 0 Å². The lowest BCUT2D eigenvalue weighted by Crippen LogP contribution is -2.12. The number of carbonyl (C=O) groups is 3. The minimum Gasteiger partial charge on any atom is -0.485 e. The molecule has 1 N–H and O–H groups in total. The first kappa shape index (κ1) is 24.6. The summed E-state index contributed by atoms with van der Waals surface area (Å²) in [4.78, 5) is 33.0. The number of Topliss-reactive ketones (excluding diaryl/α,β-unsaturated/α-hetero) is 1. The number of carboxylic acids is 1. The Kier molecular flexibility index (Phi) is 8.53. The van der Waals surface area contributed by atoms with E-state index in [9.17, 15) is 9.59 Å². The predicted octanol–water partition coefficient (Wildman–Crippen LogP) is 5.55. The average Bonchev–Trinajstić information content (AvgIpc) is 2.73. The van der Waals surface area contributed by atoms with Gasteiger partial charge in [0.05, 0.1) is 0 Å². The van der Waals surface area contributed by atoms with Crippen molar-refractivity contribution in [2.45, 2.75) is 40.5 Å². The van der Waals surface area contributed by atoms with Crippen LogP contribution in [-0.4, -0.2) is 29.4 Å². The zero-order valence-electron chi connectivity index (χ0n) is 19.0. The second-order valence-electron chi connectivity index (χ2n) is 7.67. The molecule has 0 unspecified atom stereocenters. The SMILES string of the molecule is CC(=O)O.CC(=O)Oc1c(C)cc(OCC(=O)c2ccc(C(C)C)cc2)c2ccccc12. The molecular weight excluding hydrogens is 408 g/mol. The van der Waals surface area contributed by atoms with Crippen LogP contribution in [0.5, 0.6) is 11.5 Å². The Morgan fingerprint density at radius 3 is 2.03 bits per heavy atom. The molecule has 0 aliphatic rings. The van der Waals surface area contributed by atoms with Crippen LogP contribution in [0.15, 0.2) is 54.6 Å². The molecule has 0 radical (unpaired) electrons. The van der Waals surface area contributed by atoms with Gasteiger partial charge in [-0.25, -0.2) is 0 Å². The first-order valence-corrected chi connectivity index (χ1v) is 10.3. The quantitative estimate of drug-likeness (QED) is 0.310. The van der Waals surface area contributed by atoms with Crippen molar-refractivity contribution in [2.75, 3.05) is 6.61 Å². The molecule has 6 nitrogen and oxygen atoms in total. The summed E-state index contributed by atoms with van der Waals surface area (Å²) >= 11 is 0. The summed E-state index contributed by atoms with van der Waals surface area (Å²) in [5, 5.41) is 8.99. The van der Waals surface area contributed by atoms with Gasteiger partial charge in [0.25, 0.3) is 5.97 Å².